The van der Waals surface area contributed by atoms with Gasteiger partial charge in [-0.1, -0.05) is 44.7 Å². The average molecular weight is 241 g/mol. The van der Waals surface area contributed by atoms with Crippen molar-refractivity contribution in [3.63, 3.8) is 0 Å². The lowest BCUT2D eigenvalue weighted by molar-refractivity contribution is 0.472. The summed E-state index contributed by atoms with van der Waals surface area (Å²) in [7, 11) is 0. The molecule has 1 heterocycles. The number of unbranched alkanes of at least 4 members (excludes halogenated alkanes) is 1. The zero-order valence-electron chi connectivity index (χ0n) is 10.2. The van der Waals surface area contributed by atoms with Crippen LogP contribution < -0.4 is 5.32 Å². The zero-order chi connectivity index (χ0) is 11.8. The van der Waals surface area contributed by atoms with Crippen molar-refractivity contribution in [1.29, 1.82) is 0 Å². The van der Waals surface area contributed by atoms with Gasteiger partial charge in [-0.05, 0) is 24.5 Å². The lowest BCUT2D eigenvalue weighted by Crippen LogP contribution is -2.14. The lowest BCUT2D eigenvalue weighted by atomic mass is 9.99. The Kier molecular flexibility index (Phi) is 6.24. The quantitative estimate of drug-likeness (QED) is 0.766. The maximum absolute atomic E-state index is 6.03. The fraction of sp³-hybridized carbons (Fsp3) is 0.615. The Hall–Kier alpha value is -0.760. The van der Waals surface area contributed by atoms with Crippen LogP contribution >= 0.6 is 11.6 Å². The largest absolute Gasteiger partial charge is 0.369 e. The molecule has 1 atom stereocenters. The van der Waals surface area contributed by atoms with Crippen LogP contribution in [0.4, 0.5) is 5.82 Å². The van der Waals surface area contributed by atoms with Crippen molar-refractivity contribution >= 4 is 17.4 Å². The second-order valence-electron chi connectivity index (χ2n) is 4.13. The number of halogens is 1. The van der Waals surface area contributed by atoms with Crippen LogP contribution in [0.3, 0.4) is 0 Å². The summed E-state index contributed by atoms with van der Waals surface area (Å²) in [6.07, 6.45) is 6.82. The molecular weight excluding hydrogens is 220 g/mol. The maximum Gasteiger partial charge on any atom is 0.144 e. The maximum atomic E-state index is 6.03. The standard InChI is InChI=1S/C13H21ClN2/c1-3-5-7-11(4-2)10-16-13-12(14)8-6-9-15-13/h6,8-9,11H,3-5,7,10H2,1-2H3,(H,15,16). The molecular formula is C13H21ClN2. The van der Waals surface area contributed by atoms with Gasteiger partial charge in [-0.2, -0.15) is 0 Å². The zero-order valence-corrected chi connectivity index (χ0v) is 10.9. The van der Waals surface area contributed by atoms with Crippen LogP contribution in [0.2, 0.25) is 5.02 Å². The molecule has 90 valence electrons. The van der Waals surface area contributed by atoms with E-state index in [0.29, 0.717) is 5.02 Å². The van der Waals surface area contributed by atoms with E-state index < -0.39 is 0 Å². The van der Waals surface area contributed by atoms with Crippen molar-refractivity contribution in [3.8, 4) is 0 Å². The number of rotatable bonds is 7. The van der Waals surface area contributed by atoms with Crippen LogP contribution in [0.5, 0.6) is 0 Å². The van der Waals surface area contributed by atoms with Crippen molar-refractivity contribution in [2.45, 2.75) is 39.5 Å². The molecule has 1 aromatic rings. The Morgan fingerprint density at radius 3 is 2.88 bits per heavy atom. The summed E-state index contributed by atoms with van der Waals surface area (Å²) in [5.74, 6) is 1.53. The highest BCUT2D eigenvalue weighted by Crippen LogP contribution is 2.19. The van der Waals surface area contributed by atoms with Gasteiger partial charge in [0.1, 0.15) is 5.82 Å². The monoisotopic (exact) mass is 240 g/mol. The van der Waals surface area contributed by atoms with Crippen molar-refractivity contribution in [2.75, 3.05) is 11.9 Å². The molecule has 1 rings (SSSR count). The minimum absolute atomic E-state index is 0.702. The van der Waals surface area contributed by atoms with Gasteiger partial charge in [0.25, 0.3) is 0 Å². The van der Waals surface area contributed by atoms with Crippen LogP contribution in [0, 0.1) is 5.92 Å². The highest BCUT2D eigenvalue weighted by atomic mass is 35.5. The van der Waals surface area contributed by atoms with E-state index in [2.05, 4.69) is 24.1 Å². The fourth-order valence-electron chi connectivity index (χ4n) is 1.70. The van der Waals surface area contributed by atoms with Gasteiger partial charge in [0.15, 0.2) is 0 Å². The predicted octanol–water partition coefficient (Wildman–Crippen LogP) is 4.36. The molecule has 0 radical (unpaired) electrons. The molecule has 1 aromatic heterocycles. The summed E-state index contributed by atoms with van der Waals surface area (Å²) in [6, 6.07) is 3.71. The molecule has 0 aliphatic heterocycles. The summed E-state index contributed by atoms with van der Waals surface area (Å²) in [4.78, 5) is 4.22. The summed E-state index contributed by atoms with van der Waals surface area (Å²) >= 11 is 6.03. The van der Waals surface area contributed by atoms with Crippen LogP contribution in [-0.2, 0) is 0 Å². The molecule has 0 fully saturated rings. The number of hydrogen-bond donors (Lipinski definition) is 1. The molecule has 2 nitrogen and oxygen atoms in total. The van der Waals surface area contributed by atoms with E-state index in [1.165, 1.54) is 25.7 Å². The van der Waals surface area contributed by atoms with Crippen molar-refractivity contribution in [2.24, 2.45) is 5.92 Å². The van der Waals surface area contributed by atoms with E-state index in [0.717, 1.165) is 18.3 Å². The number of aromatic nitrogens is 1. The first-order valence-corrected chi connectivity index (χ1v) is 6.50. The molecule has 0 bridgehead atoms. The number of hydrogen-bond acceptors (Lipinski definition) is 2. The van der Waals surface area contributed by atoms with Crippen LogP contribution in [0.25, 0.3) is 0 Å². The third-order valence-electron chi connectivity index (χ3n) is 2.86. The molecule has 1 unspecified atom stereocenters. The fourth-order valence-corrected chi connectivity index (χ4v) is 1.89. The summed E-state index contributed by atoms with van der Waals surface area (Å²) in [5.41, 5.74) is 0. The highest BCUT2D eigenvalue weighted by Gasteiger charge is 2.07. The first-order chi connectivity index (χ1) is 7.77. The Balaban J connectivity index is 2.40. The van der Waals surface area contributed by atoms with Crippen LogP contribution in [0.1, 0.15) is 39.5 Å². The molecule has 0 amide bonds. The Morgan fingerprint density at radius 2 is 2.25 bits per heavy atom. The number of pyridine rings is 1. The van der Waals surface area contributed by atoms with E-state index >= 15 is 0 Å². The van der Waals surface area contributed by atoms with E-state index in [-0.39, 0.29) is 0 Å². The first-order valence-electron chi connectivity index (χ1n) is 6.12. The average Bonchev–Trinajstić information content (AvgIpc) is 2.31. The summed E-state index contributed by atoms with van der Waals surface area (Å²) in [6.45, 7) is 5.44. The highest BCUT2D eigenvalue weighted by molar-refractivity contribution is 6.32. The predicted molar refractivity (Wildman–Crippen MR) is 71.0 cm³/mol. The van der Waals surface area contributed by atoms with Crippen molar-refractivity contribution in [3.05, 3.63) is 23.4 Å². The van der Waals surface area contributed by atoms with Crippen LogP contribution in [-0.4, -0.2) is 11.5 Å². The van der Waals surface area contributed by atoms with E-state index in [1.807, 2.05) is 12.1 Å². The summed E-state index contributed by atoms with van der Waals surface area (Å²) in [5, 5.41) is 4.03. The normalized spacial score (nSPS) is 12.4. The number of nitrogens with zero attached hydrogens (tertiary/aromatic N) is 1. The minimum Gasteiger partial charge on any atom is -0.369 e. The van der Waals surface area contributed by atoms with Crippen molar-refractivity contribution in [1.82, 2.24) is 4.98 Å². The van der Waals surface area contributed by atoms with Gasteiger partial charge in [0.2, 0.25) is 0 Å². The molecule has 1 N–H and O–H groups in total. The van der Waals surface area contributed by atoms with Crippen LogP contribution in [0.15, 0.2) is 18.3 Å². The van der Waals surface area contributed by atoms with Gasteiger partial charge in [-0.3, -0.25) is 0 Å². The topological polar surface area (TPSA) is 24.9 Å². The molecule has 16 heavy (non-hydrogen) atoms. The second kappa shape index (κ2) is 7.50. The van der Waals surface area contributed by atoms with Gasteiger partial charge in [0, 0.05) is 12.7 Å². The first kappa shape index (κ1) is 13.3. The van der Waals surface area contributed by atoms with Gasteiger partial charge in [0.05, 0.1) is 5.02 Å². The number of nitrogens with one attached hydrogen (secondary N) is 1. The van der Waals surface area contributed by atoms with Gasteiger partial charge in [-0.25, -0.2) is 4.98 Å². The Labute approximate surface area is 103 Å². The Morgan fingerprint density at radius 1 is 1.44 bits per heavy atom. The molecule has 3 heteroatoms. The molecule has 0 saturated carbocycles. The lowest BCUT2D eigenvalue weighted by Gasteiger charge is -2.16. The third kappa shape index (κ3) is 4.40. The van der Waals surface area contributed by atoms with Crippen molar-refractivity contribution < 1.29 is 0 Å². The summed E-state index contributed by atoms with van der Waals surface area (Å²) < 4.78 is 0. The van der Waals surface area contributed by atoms with Gasteiger partial charge in [-0.15, -0.1) is 0 Å². The third-order valence-corrected chi connectivity index (χ3v) is 3.16. The second-order valence-corrected chi connectivity index (χ2v) is 4.54. The van der Waals surface area contributed by atoms with E-state index in [4.69, 9.17) is 11.6 Å². The SMILES string of the molecule is CCCCC(CC)CNc1ncccc1Cl. The minimum atomic E-state index is 0.702. The number of anilines is 1. The smallest absolute Gasteiger partial charge is 0.144 e. The van der Waals surface area contributed by atoms with Gasteiger partial charge >= 0.3 is 0 Å². The molecule has 0 aromatic carbocycles. The van der Waals surface area contributed by atoms with E-state index in [1.54, 1.807) is 6.20 Å². The molecule has 0 aliphatic rings. The Bertz CT molecular complexity index is 302. The molecule has 0 spiro atoms. The molecule has 0 aliphatic carbocycles. The van der Waals surface area contributed by atoms with Gasteiger partial charge < -0.3 is 5.32 Å². The molecule has 0 saturated heterocycles. The van der Waals surface area contributed by atoms with E-state index in [9.17, 15) is 0 Å².